The number of rotatable bonds is 6. The van der Waals surface area contributed by atoms with Crippen molar-refractivity contribution in [2.75, 3.05) is 11.1 Å². The monoisotopic (exact) mass is 447 g/mol. The van der Waals surface area contributed by atoms with Crippen LogP contribution < -0.4 is 10.9 Å². The summed E-state index contributed by atoms with van der Waals surface area (Å²) in [6.45, 7) is 5.86. The van der Waals surface area contributed by atoms with Crippen LogP contribution in [0.15, 0.2) is 58.5 Å². The maximum Gasteiger partial charge on any atom is 0.266 e. The highest BCUT2D eigenvalue weighted by Crippen LogP contribution is 2.23. The molecule has 2 aromatic carbocycles. The number of nitrogens with one attached hydrogen (secondary N) is 1. The van der Waals surface area contributed by atoms with Gasteiger partial charge in [-0.3, -0.25) is 18.8 Å². The van der Waals surface area contributed by atoms with E-state index in [1.165, 1.54) is 17.3 Å². The highest BCUT2D eigenvalue weighted by Gasteiger charge is 2.17. The molecule has 8 heteroatoms. The maximum atomic E-state index is 13.3. The third-order valence-corrected chi connectivity index (χ3v) is 6.39. The standard InChI is InChI=1S/C24H25N5O2S/c1-5-17-10-12-18(13-11-17)29-23(31)19-8-6-7-9-20(19)25-24(29)32-14-21(30)26-22-15(2)27-28(4)16(22)3/h6-13H,5,14H2,1-4H3,(H,26,30). The fourth-order valence-corrected chi connectivity index (χ4v) is 4.39. The Bertz CT molecular complexity index is 1360. The zero-order valence-electron chi connectivity index (χ0n) is 18.5. The first-order valence-electron chi connectivity index (χ1n) is 10.4. The summed E-state index contributed by atoms with van der Waals surface area (Å²) in [5.41, 5.74) is 4.75. The summed E-state index contributed by atoms with van der Waals surface area (Å²) < 4.78 is 3.32. The first-order chi connectivity index (χ1) is 15.4. The minimum atomic E-state index is -0.176. The van der Waals surface area contributed by atoms with Gasteiger partial charge in [-0.25, -0.2) is 4.98 Å². The summed E-state index contributed by atoms with van der Waals surface area (Å²) in [5.74, 6) is -0.0597. The minimum absolute atomic E-state index is 0.117. The van der Waals surface area contributed by atoms with Crippen molar-refractivity contribution in [3.8, 4) is 5.69 Å². The second kappa shape index (κ2) is 9.00. The molecule has 0 unspecified atom stereocenters. The molecule has 0 atom stereocenters. The van der Waals surface area contributed by atoms with Crippen LogP contribution in [0.5, 0.6) is 0 Å². The second-order valence-electron chi connectivity index (χ2n) is 7.58. The Hall–Kier alpha value is -3.39. The number of fused-ring (bicyclic) bond motifs is 1. The molecule has 2 aromatic heterocycles. The predicted molar refractivity (Wildman–Crippen MR) is 129 cm³/mol. The molecular formula is C24H25N5O2S. The number of carbonyl (C=O) groups is 1. The second-order valence-corrected chi connectivity index (χ2v) is 8.52. The quantitative estimate of drug-likeness (QED) is 0.356. The van der Waals surface area contributed by atoms with Crippen molar-refractivity contribution in [1.29, 1.82) is 0 Å². The van der Waals surface area contributed by atoms with Gasteiger partial charge in [0, 0.05) is 7.05 Å². The number of para-hydroxylation sites is 1. The molecule has 164 valence electrons. The number of aromatic nitrogens is 4. The molecule has 4 rings (SSSR count). The zero-order chi connectivity index (χ0) is 22.8. The largest absolute Gasteiger partial charge is 0.322 e. The fourth-order valence-electron chi connectivity index (χ4n) is 3.58. The molecule has 0 radical (unpaired) electrons. The van der Waals surface area contributed by atoms with Gasteiger partial charge >= 0.3 is 0 Å². The first-order valence-corrected chi connectivity index (χ1v) is 11.4. The molecule has 4 aromatic rings. The van der Waals surface area contributed by atoms with Gasteiger partial charge in [0.2, 0.25) is 5.91 Å². The SMILES string of the molecule is CCc1ccc(-n2c(SCC(=O)Nc3c(C)nn(C)c3C)nc3ccccc3c2=O)cc1. The molecule has 2 heterocycles. The van der Waals surface area contributed by atoms with Crippen LogP contribution in [0.4, 0.5) is 5.69 Å². The number of amides is 1. The number of hydrogen-bond acceptors (Lipinski definition) is 5. The molecule has 1 N–H and O–H groups in total. The number of carbonyl (C=O) groups excluding carboxylic acids is 1. The molecule has 0 saturated heterocycles. The Morgan fingerprint density at radius 2 is 1.81 bits per heavy atom. The van der Waals surface area contributed by atoms with Crippen LogP contribution in [-0.2, 0) is 18.3 Å². The molecule has 7 nitrogen and oxygen atoms in total. The Morgan fingerprint density at radius 3 is 2.47 bits per heavy atom. The van der Waals surface area contributed by atoms with E-state index in [0.717, 1.165) is 29.2 Å². The van der Waals surface area contributed by atoms with E-state index in [0.29, 0.717) is 16.1 Å². The van der Waals surface area contributed by atoms with E-state index < -0.39 is 0 Å². The number of aryl methyl sites for hydroxylation is 3. The van der Waals surface area contributed by atoms with Crippen LogP contribution in [0.2, 0.25) is 0 Å². The van der Waals surface area contributed by atoms with Crippen LogP contribution in [0.25, 0.3) is 16.6 Å². The highest BCUT2D eigenvalue weighted by molar-refractivity contribution is 7.99. The lowest BCUT2D eigenvalue weighted by atomic mass is 10.1. The maximum absolute atomic E-state index is 13.3. The van der Waals surface area contributed by atoms with Gasteiger partial charge in [-0.05, 0) is 50.1 Å². The summed E-state index contributed by atoms with van der Waals surface area (Å²) in [6, 6.07) is 15.1. The Balaban J connectivity index is 1.67. The minimum Gasteiger partial charge on any atom is -0.322 e. The molecule has 0 bridgehead atoms. The lowest BCUT2D eigenvalue weighted by Gasteiger charge is -2.14. The average molecular weight is 448 g/mol. The van der Waals surface area contributed by atoms with Crippen molar-refractivity contribution in [3.63, 3.8) is 0 Å². The van der Waals surface area contributed by atoms with Gasteiger partial charge < -0.3 is 5.32 Å². The van der Waals surface area contributed by atoms with Crippen molar-refractivity contribution in [2.45, 2.75) is 32.3 Å². The van der Waals surface area contributed by atoms with E-state index in [9.17, 15) is 9.59 Å². The van der Waals surface area contributed by atoms with Gasteiger partial charge in [0.05, 0.1) is 39.4 Å². The normalized spacial score (nSPS) is 11.1. The number of anilines is 1. The van der Waals surface area contributed by atoms with Crippen molar-refractivity contribution >= 4 is 34.3 Å². The smallest absolute Gasteiger partial charge is 0.266 e. The Kier molecular flexibility index (Phi) is 6.14. The molecule has 32 heavy (non-hydrogen) atoms. The van der Waals surface area contributed by atoms with Crippen LogP contribution in [0.3, 0.4) is 0 Å². The van der Waals surface area contributed by atoms with Crippen LogP contribution in [-0.4, -0.2) is 31.0 Å². The molecule has 0 spiro atoms. The van der Waals surface area contributed by atoms with E-state index >= 15 is 0 Å². The van der Waals surface area contributed by atoms with E-state index in [1.54, 1.807) is 15.3 Å². The third-order valence-electron chi connectivity index (χ3n) is 5.45. The van der Waals surface area contributed by atoms with Crippen LogP contribution >= 0.6 is 11.8 Å². The number of hydrogen-bond donors (Lipinski definition) is 1. The molecule has 0 saturated carbocycles. The van der Waals surface area contributed by atoms with Gasteiger partial charge in [0.1, 0.15) is 0 Å². The van der Waals surface area contributed by atoms with Gasteiger partial charge in [-0.2, -0.15) is 5.10 Å². The van der Waals surface area contributed by atoms with Gasteiger partial charge in [0.15, 0.2) is 5.16 Å². The van der Waals surface area contributed by atoms with Crippen LogP contribution in [0.1, 0.15) is 23.9 Å². The van der Waals surface area contributed by atoms with Crippen molar-refractivity contribution in [3.05, 3.63) is 75.8 Å². The van der Waals surface area contributed by atoms with E-state index in [1.807, 2.05) is 63.4 Å². The third kappa shape index (κ3) is 4.18. The van der Waals surface area contributed by atoms with Gasteiger partial charge in [0.25, 0.3) is 5.56 Å². The summed E-state index contributed by atoms with van der Waals surface area (Å²) in [7, 11) is 1.84. The average Bonchev–Trinajstić information content (AvgIpc) is 3.04. The lowest BCUT2D eigenvalue weighted by molar-refractivity contribution is -0.113. The Morgan fingerprint density at radius 1 is 1.09 bits per heavy atom. The van der Waals surface area contributed by atoms with E-state index in [-0.39, 0.29) is 17.2 Å². The van der Waals surface area contributed by atoms with Crippen molar-refractivity contribution in [2.24, 2.45) is 7.05 Å². The molecule has 0 aliphatic carbocycles. The summed E-state index contributed by atoms with van der Waals surface area (Å²) in [4.78, 5) is 30.7. The summed E-state index contributed by atoms with van der Waals surface area (Å²) in [5, 5.41) is 8.29. The molecular weight excluding hydrogens is 422 g/mol. The zero-order valence-corrected chi connectivity index (χ0v) is 19.4. The number of benzene rings is 2. The van der Waals surface area contributed by atoms with Crippen molar-refractivity contribution < 1.29 is 4.79 Å². The topological polar surface area (TPSA) is 81.8 Å². The lowest BCUT2D eigenvalue weighted by Crippen LogP contribution is -2.23. The molecule has 0 aliphatic heterocycles. The first kappa shape index (κ1) is 21.8. The van der Waals surface area contributed by atoms with E-state index in [2.05, 4.69) is 17.3 Å². The van der Waals surface area contributed by atoms with E-state index in [4.69, 9.17) is 4.98 Å². The summed E-state index contributed by atoms with van der Waals surface area (Å²) in [6.07, 6.45) is 0.917. The van der Waals surface area contributed by atoms with Gasteiger partial charge in [-0.1, -0.05) is 43.0 Å². The number of nitrogens with zero attached hydrogens (tertiary/aromatic N) is 4. The Labute approximate surface area is 190 Å². The van der Waals surface area contributed by atoms with Crippen LogP contribution in [0, 0.1) is 13.8 Å². The highest BCUT2D eigenvalue weighted by atomic mass is 32.2. The molecule has 0 fully saturated rings. The van der Waals surface area contributed by atoms with Gasteiger partial charge in [-0.15, -0.1) is 0 Å². The molecule has 0 aliphatic rings. The predicted octanol–water partition coefficient (Wildman–Crippen LogP) is 4.03. The fraction of sp³-hybridized carbons (Fsp3) is 0.250. The summed E-state index contributed by atoms with van der Waals surface area (Å²) >= 11 is 1.24. The molecule has 1 amide bonds. The van der Waals surface area contributed by atoms with Crippen molar-refractivity contribution in [1.82, 2.24) is 19.3 Å². The number of thioether (sulfide) groups is 1.